The van der Waals surface area contributed by atoms with E-state index < -0.39 is 23.9 Å². The lowest BCUT2D eigenvalue weighted by Crippen LogP contribution is -2.43. The largest absolute Gasteiger partial charge is 0.741 e. The summed E-state index contributed by atoms with van der Waals surface area (Å²) in [6, 6.07) is 0. The van der Waals surface area contributed by atoms with Crippen LogP contribution in [0.5, 0.6) is 0 Å². The van der Waals surface area contributed by atoms with Gasteiger partial charge in [-0.3, -0.25) is 4.58 Å². The monoisotopic (exact) mass is 308 g/mol. The standard InChI is InChI=1S/C7H19N2Si.CHF3O3S/c1-8(2)7-9(3)10(4,5)6;2-1(3,4)8(5,6)7/h7H,1-6H3;(H,5,6,7)/q+1;/p-1. The van der Waals surface area contributed by atoms with Gasteiger partial charge in [0.25, 0.3) is 8.24 Å². The Labute approximate surface area is 107 Å². The van der Waals surface area contributed by atoms with Gasteiger partial charge in [0.15, 0.2) is 10.1 Å². The molecular weight excluding hydrogens is 289 g/mol. The second kappa shape index (κ2) is 6.52. The van der Waals surface area contributed by atoms with E-state index in [9.17, 15) is 13.2 Å². The average Bonchev–Trinajstić information content (AvgIpc) is 1.97. The van der Waals surface area contributed by atoms with Gasteiger partial charge in [-0.15, -0.1) is 0 Å². The van der Waals surface area contributed by atoms with E-state index in [4.69, 9.17) is 13.0 Å². The van der Waals surface area contributed by atoms with Crippen molar-refractivity contribution in [1.29, 1.82) is 0 Å². The van der Waals surface area contributed by atoms with Crippen molar-refractivity contribution in [2.75, 3.05) is 21.1 Å². The second-order valence-corrected chi connectivity index (χ2v) is 11.2. The predicted octanol–water partition coefficient (Wildman–Crippen LogP) is 1.10. The van der Waals surface area contributed by atoms with Gasteiger partial charge in [-0.1, -0.05) is 0 Å². The maximum Gasteiger partial charge on any atom is 0.485 e. The number of alkyl halides is 3. The SMILES string of the molecule is CN(C=[N+](C)C)[Si](C)(C)C.O=S(=O)([O-])C(F)(F)F. The molecule has 0 aromatic rings. The molecule has 0 unspecified atom stereocenters. The van der Waals surface area contributed by atoms with Crippen molar-refractivity contribution in [2.24, 2.45) is 0 Å². The average molecular weight is 308 g/mol. The molecule has 10 heteroatoms. The van der Waals surface area contributed by atoms with Gasteiger partial charge in [-0.2, -0.15) is 13.2 Å². The maximum atomic E-state index is 10.7. The van der Waals surface area contributed by atoms with Gasteiger partial charge < -0.3 is 9.12 Å². The molecule has 0 aliphatic heterocycles. The Hall–Kier alpha value is -0.613. The summed E-state index contributed by atoms with van der Waals surface area (Å²) >= 11 is 0. The van der Waals surface area contributed by atoms with E-state index >= 15 is 0 Å². The van der Waals surface area contributed by atoms with Gasteiger partial charge in [0, 0.05) is 0 Å². The summed E-state index contributed by atoms with van der Waals surface area (Å²) in [7, 11) is -0.928. The third-order valence-corrected chi connectivity index (χ3v) is 4.54. The van der Waals surface area contributed by atoms with E-state index in [0.29, 0.717) is 0 Å². The highest BCUT2D eigenvalue weighted by Gasteiger charge is 2.36. The molecule has 0 aliphatic rings. The zero-order valence-electron chi connectivity index (χ0n) is 11.2. The Kier molecular flexibility index (Phi) is 7.15. The summed E-state index contributed by atoms with van der Waals surface area (Å²) in [4.78, 5) is 0. The molecule has 0 spiro atoms. The summed E-state index contributed by atoms with van der Waals surface area (Å²) in [5.41, 5.74) is -5.65. The molecule has 0 aromatic carbocycles. The lowest BCUT2D eigenvalue weighted by Gasteiger charge is -2.20. The van der Waals surface area contributed by atoms with Gasteiger partial charge in [0.1, 0.15) is 0 Å². The van der Waals surface area contributed by atoms with Crippen LogP contribution in [0.4, 0.5) is 13.2 Å². The molecule has 0 fully saturated rings. The summed E-state index contributed by atoms with van der Waals surface area (Å²) < 4.78 is 63.3. The first-order valence-electron chi connectivity index (χ1n) is 4.85. The highest BCUT2D eigenvalue weighted by molar-refractivity contribution is 7.86. The van der Waals surface area contributed by atoms with Crippen molar-refractivity contribution in [1.82, 2.24) is 4.57 Å². The third-order valence-electron chi connectivity index (χ3n) is 1.75. The van der Waals surface area contributed by atoms with Crippen LogP contribution in [0.2, 0.25) is 19.6 Å². The molecular formula is C8H19F3N2O3SSi. The van der Waals surface area contributed by atoms with Crippen LogP contribution in [-0.4, -0.2) is 63.3 Å². The Balaban J connectivity index is 0. The van der Waals surface area contributed by atoms with Crippen molar-refractivity contribution >= 4 is 24.7 Å². The van der Waals surface area contributed by atoms with E-state index in [1.54, 1.807) is 0 Å². The number of hydrogen-bond acceptors (Lipinski definition) is 3. The minimum Gasteiger partial charge on any atom is -0.741 e. The molecule has 0 amide bonds. The van der Waals surface area contributed by atoms with Crippen LogP contribution in [0.25, 0.3) is 0 Å². The zero-order valence-corrected chi connectivity index (χ0v) is 13.1. The first-order valence-corrected chi connectivity index (χ1v) is 9.71. The van der Waals surface area contributed by atoms with Crippen LogP contribution in [0.3, 0.4) is 0 Å². The Morgan fingerprint density at radius 2 is 1.50 bits per heavy atom. The maximum absolute atomic E-state index is 10.7. The van der Waals surface area contributed by atoms with Gasteiger partial charge in [0.2, 0.25) is 6.34 Å². The fraction of sp³-hybridized carbons (Fsp3) is 0.875. The molecule has 0 bridgehead atoms. The molecule has 5 nitrogen and oxygen atoms in total. The fourth-order valence-electron chi connectivity index (χ4n) is 0.520. The molecule has 0 N–H and O–H groups in total. The Morgan fingerprint density at radius 3 is 1.56 bits per heavy atom. The number of rotatable bonds is 2. The van der Waals surface area contributed by atoms with Crippen molar-refractivity contribution in [3.8, 4) is 0 Å². The normalized spacial score (nSPS) is 12.3. The van der Waals surface area contributed by atoms with E-state index in [1.165, 1.54) is 0 Å². The summed E-state index contributed by atoms with van der Waals surface area (Å²) in [6.45, 7) is 6.98. The quantitative estimate of drug-likeness (QED) is 0.191. The Morgan fingerprint density at radius 1 is 1.22 bits per heavy atom. The molecule has 0 rings (SSSR count). The minimum atomic E-state index is -6.09. The van der Waals surface area contributed by atoms with Crippen LogP contribution >= 0.6 is 0 Å². The summed E-state index contributed by atoms with van der Waals surface area (Å²) in [6.07, 6.45) is 2.15. The molecule has 0 heterocycles. The second-order valence-electron chi connectivity index (χ2n) is 4.76. The van der Waals surface area contributed by atoms with Crippen LogP contribution in [-0.2, 0) is 10.1 Å². The zero-order chi connectivity index (χ0) is 15.4. The topological polar surface area (TPSA) is 63.5 Å². The summed E-state index contributed by atoms with van der Waals surface area (Å²) in [5, 5.41) is 0. The van der Waals surface area contributed by atoms with Crippen molar-refractivity contribution in [3.63, 3.8) is 0 Å². The molecule has 0 aliphatic carbocycles. The lowest BCUT2D eigenvalue weighted by molar-refractivity contribution is -0.463. The van der Waals surface area contributed by atoms with E-state index in [-0.39, 0.29) is 0 Å². The van der Waals surface area contributed by atoms with E-state index in [2.05, 4.69) is 56.3 Å². The minimum absolute atomic E-state index is 1.09. The number of hydrogen-bond donors (Lipinski definition) is 0. The molecule has 18 heavy (non-hydrogen) atoms. The first-order chi connectivity index (χ1) is 7.59. The smallest absolute Gasteiger partial charge is 0.485 e. The molecule has 0 atom stereocenters. The van der Waals surface area contributed by atoms with Gasteiger partial charge in [-0.25, -0.2) is 8.42 Å². The fourth-order valence-corrected chi connectivity index (χ4v) is 1.10. The van der Waals surface area contributed by atoms with Gasteiger partial charge >= 0.3 is 5.51 Å². The Bertz CT molecular complexity index is 383. The van der Waals surface area contributed by atoms with Crippen molar-refractivity contribution in [2.45, 2.75) is 25.1 Å². The summed E-state index contributed by atoms with van der Waals surface area (Å²) in [5.74, 6) is 0. The van der Waals surface area contributed by atoms with Crippen molar-refractivity contribution in [3.05, 3.63) is 0 Å². The third kappa shape index (κ3) is 9.42. The van der Waals surface area contributed by atoms with Crippen molar-refractivity contribution < 1.29 is 30.7 Å². The number of halogens is 3. The molecule has 110 valence electrons. The predicted molar refractivity (Wildman–Crippen MR) is 65.0 cm³/mol. The van der Waals surface area contributed by atoms with Gasteiger partial charge in [-0.05, 0) is 19.6 Å². The van der Waals surface area contributed by atoms with Crippen LogP contribution in [0.15, 0.2) is 0 Å². The number of nitrogens with zero attached hydrogens (tertiary/aromatic N) is 2. The molecule has 0 saturated heterocycles. The highest BCUT2D eigenvalue weighted by atomic mass is 32.2. The first kappa shape index (κ1) is 19.7. The molecule has 0 saturated carbocycles. The molecule has 0 aromatic heterocycles. The van der Waals surface area contributed by atoms with E-state index in [1.807, 2.05) is 0 Å². The van der Waals surface area contributed by atoms with Crippen LogP contribution in [0, 0.1) is 0 Å². The van der Waals surface area contributed by atoms with Crippen LogP contribution in [0.1, 0.15) is 0 Å². The van der Waals surface area contributed by atoms with Crippen LogP contribution < -0.4 is 0 Å². The molecule has 0 radical (unpaired) electrons. The van der Waals surface area contributed by atoms with E-state index in [0.717, 1.165) is 0 Å². The van der Waals surface area contributed by atoms with Gasteiger partial charge in [0.05, 0.1) is 21.1 Å². The lowest BCUT2D eigenvalue weighted by atomic mass is 11.0. The highest BCUT2D eigenvalue weighted by Crippen LogP contribution is 2.20.